The van der Waals surface area contributed by atoms with Crippen molar-refractivity contribution in [2.75, 3.05) is 41.5 Å². The molecule has 30 heteroatoms. The molecule has 21 rings (SSSR count). The number of carbonyl (C=O) groups is 9. The van der Waals surface area contributed by atoms with E-state index in [4.69, 9.17) is 44.0 Å². The van der Waals surface area contributed by atoms with E-state index in [9.17, 15) is 43.2 Å². The van der Waals surface area contributed by atoms with Crippen molar-refractivity contribution in [1.29, 1.82) is 0 Å². The van der Waals surface area contributed by atoms with Gasteiger partial charge in [-0.3, -0.25) is 28.9 Å². The van der Waals surface area contributed by atoms with E-state index in [0.717, 1.165) is 234 Å². The maximum Gasteiger partial charge on any atom is 0.410 e. The number of nitrogens with one attached hydrogen (secondary N) is 7. The van der Waals surface area contributed by atoms with Crippen LogP contribution in [0.5, 0.6) is 0 Å². The molecule has 11 aliphatic rings. The number of carboxylic acids is 1. The summed E-state index contributed by atoms with van der Waals surface area (Å²) in [5.41, 5.74) is 12.0. The van der Waals surface area contributed by atoms with Crippen molar-refractivity contribution in [3.8, 4) is 67.3 Å². The van der Waals surface area contributed by atoms with Crippen LogP contribution in [0.1, 0.15) is 204 Å². The molecule has 0 radical (unpaired) electrons. The van der Waals surface area contributed by atoms with Gasteiger partial charge >= 0.3 is 36.3 Å². The smallest absolute Gasteiger partial charge is 0.410 e. The number of H-pyrrole nitrogens is 4. The van der Waals surface area contributed by atoms with Gasteiger partial charge in [0.15, 0.2) is 0 Å². The van der Waals surface area contributed by atoms with Crippen molar-refractivity contribution in [1.82, 2.24) is 75.4 Å². The molecule has 132 heavy (non-hydrogen) atoms. The van der Waals surface area contributed by atoms with Crippen molar-refractivity contribution >= 4 is 75.6 Å². The quantitative estimate of drug-likeness (QED) is 0.0218. The number of carbonyl (C=O) groups excluding carboxylic acids is 8. The Morgan fingerprint density at radius 1 is 0.439 bits per heavy atom. The maximum atomic E-state index is 14.0. The molecule has 10 aromatic rings. The van der Waals surface area contributed by atoms with E-state index in [-0.39, 0.29) is 101 Å². The largest absolute Gasteiger partial charge is 0.481 e. The molecule has 8 N–H and O–H groups in total. The monoisotopic (exact) mass is 1790 g/mol. The third kappa shape index (κ3) is 18.4. The van der Waals surface area contributed by atoms with Crippen LogP contribution in [0.4, 0.5) is 19.2 Å². The molecule has 6 aromatic carbocycles. The second kappa shape index (κ2) is 35.7. The van der Waals surface area contributed by atoms with Crippen LogP contribution in [-0.2, 0) is 47.7 Å². The van der Waals surface area contributed by atoms with Crippen LogP contribution in [0.2, 0.25) is 0 Å². The second-order valence-electron chi connectivity index (χ2n) is 40.1. The number of alkyl carbamates (subject to hydrolysis) is 3. The number of esters is 1. The highest BCUT2D eigenvalue weighted by Crippen LogP contribution is 2.61. The zero-order valence-corrected chi connectivity index (χ0v) is 76.2. The number of imidazole rings is 4. The minimum Gasteiger partial charge on any atom is -0.481 e. The van der Waals surface area contributed by atoms with Gasteiger partial charge in [-0.1, -0.05) is 111 Å². The first-order valence-corrected chi connectivity index (χ1v) is 46.9. The van der Waals surface area contributed by atoms with Gasteiger partial charge in [0, 0.05) is 36.3 Å². The van der Waals surface area contributed by atoms with E-state index in [1.165, 1.54) is 28.4 Å². The number of nitrogens with zero attached hydrogens (tertiary/aromatic N) is 8. The summed E-state index contributed by atoms with van der Waals surface area (Å²) in [6.45, 7) is 11.0. The van der Waals surface area contributed by atoms with E-state index in [0.29, 0.717) is 18.4 Å². The summed E-state index contributed by atoms with van der Waals surface area (Å²) >= 11 is 0. The van der Waals surface area contributed by atoms with E-state index >= 15 is 0 Å². The molecular formula is C102H117N15O15. The summed E-state index contributed by atoms with van der Waals surface area (Å²) in [7, 11) is 5.24. The summed E-state index contributed by atoms with van der Waals surface area (Å²) in [6.07, 6.45) is 23.2. The molecule has 7 amide bonds. The van der Waals surface area contributed by atoms with Crippen LogP contribution in [-0.4, -0.2) is 196 Å². The molecule has 7 saturated carbocycles. The van der Waals surface area contributed by atoms with Crippen molar-refractivity contribution in [3.63, 3.8) is 0 Å². The highest BCUT2D eigenvalue weighted by Gasteiger charge is 2.59. The van der Waals surface area contributed by atoms with Gasteiger partial charge in [0.1, 0.15) is 47.0 Å². The lowest BCUT2D eigenvalue weighted by molar-refractivity contribution is -0.150. The van der Waals surface area contributed by atoms with Crippen molar-refractivity contribution < 1.29 is 71.9 Å². The fourth-order valence-electron chi connectivity index (χ4n) is 21.6. The Labute approximate surface area is 766 Å². The Balaban J connectivity index is 0.000000151. The molecule has 4 aromatic heterocycles. The van der Waals surface area contributed by atoms with Crippen LogP contribution in [0.25, 0.3) is 88.8 Å². The lowest BCUT2D eigenvalue weighted by atomic mass is 9.95. The number of methoxy groups -OCH3 is 4. The van der Waals surface area contributed by atoms with Gasteiger partial charge in [-0.2, -0.15) is 0 Å². The Kier molecular flexibility index (Phi) is 23.9. The summed E-state index contributed by atoms with van der Waals surface area (Å²) in [4.78, 5) is 154. The Morgan fingerprint density at radius 3 is 1.22 bits per heavy atom. The number of likely N-dealkylation sites (tertiary alicyclic amines) is 4. The normalized spacial score (nSPS) is 23.0. The van der Waals surface area contributed by atoms with Crippen LogP contribution >= 0.6 is 0 Å². The topological polar surface area (TPSA) is 384 Å². The average Bonchev–Trinajstić information content (AvgIpc) is 1.58. The molecule has 12 atom stereocenters. The van der Waals surface area contributed by atoms with E-state index in [1.807, 2.05) is 79.0 Å². The number of ether oxygens (including phenoxy) is 5. The SMILES string of the molecule is COC(=O)C[C@H](C(=O)O)C1CC1.COC(=O)N[C@H](C(=O)N1[C@@H]2CC[C@@H](C2)[C@H]1c1ncc(-c2ccc3cc(-c4ccc(-c5cnc([C@@H]6CC7(CC7)CN6C(=O)OC(C)(C)C)[nH]5)cc4)ccc3c2)[nH]1)C1CC1.COC(=O)N[C@H](C(=O)N1[C@@H]2CC[C@@H](C2)[C@H]1c1ncc(-c2ccc3cc(-c4ccc(-c5cnc([C@@H]6CC7(CC7)CN6C(=O)[C@@H](NC(=O)OC)C6CC6)[nH]5)cc4)ccc3c2)[nH]1)C(C)C. The third-order valence-electron chi connectivity index (χ3n) is 29.6. The molecule has 7 aliphatic carbocycles. The number of aliphatic carboxylic acids is 1. The fourth-order valence-corrected chi connectivity index (χ4v) is 21.6. The predicted molar refractivity (Wildman–Crippen MR) is 492 cm³/mol. The van der Waals surface area contributed by atoms with E-state index in [1.54, 1.807) is 0 Å². The molecule has 4 aliphatic heterocycles. The predicted octanol–water partition coefficient (Wildman–Crippen LogP) is 17.5. The molecule has 30 nitrogen and oxygen atoms in total. The molecule has 4 bridgehead atoms. The highest BCUT2D eigenvalue weighted by molar-refractivity contribution is 5.94. The molecule has 11 fully saturated rings. The molecule has 8 heterocycles. The lowest BCUT2D eigenvalue weighted by Gasteiger charge is -2.37. The summed E-state index contributed by atoms with van der Waals surface area (Å²) in [5, 5.41) is 21.6. The molecule has 2 spiro atoms. The third-order valence-corrected chi connectivity index (χ3v) is 29.6. The van der Waals surface area contributed by atoms with Crippen LogP contribution in [0.15, 0.2) is 146 Å². The second-order valence-corrected chi connectivity index (χ2v) is 40.1. The van der Waals surface area contributed by atoms with Gasteiger partial charge in [0.05, 0.1) is 113 Å². The molecule has 0 unspecified atom stereocenters. The Morgan fingerprint density at radius 2 is 0.811 bits per heavy atom. The highest BCUT2D eigenvalue weighted by atomic mass is 16.6. The maximum absolute atomic E-state index is 14.0. The minimum atomic E-state index is -0.886. The van der Waals surface area contributed by atoms with Crippen molar-refractivity contribution in [2.45, 2.75) is 217 Å². The zero-order valence-electron chi connectivity index (χ0n) is 76.2. The molecule has 690 valence electrons. The van der Waals surface area contributed by atoms with E-state index < -0.39 is 59.9 Å². The zero-order chi connectivity index (χ0) is 91.9. The molecule has 4 saturated heterocycles. The number of amides is 7. The van der Waals surface area contributed by atoms with Crippen molar-refractivity contribution in [3.05, 3.63) is 169 Å². The number of carboxylic acid groups (broad SMARTS) is 1. The lowest BCUT2D eigenvalue weighted by Crippen LogP contribution is -2.54. The summed E-state index contributed by atoms with van der Waals surface area (Å²) in [6, 6.07) is 40.7. The standard InChI is InChI=1S/C48H54N8O6.C46H51N7O5.C8H12O4/c1-26(2)39(53-46(59)61-3)45(58)56-35-16-15-34(21-35)41(56)43-50-24-37(52-43)33-14-13-31-19-30(11-12-32(31)20-33)27-5-7-28(8-6-27)36-23-49-42(51-36)38-22-48(17-18-48)25-55(38)44(57)40(29-9-10-29)54-47(60)62-4;1-45(2,3)58-44(56)52-25-46(17-18-46)22-37(52)40-47-23-35(49-40)27-7-5-26(6-8-27)29-11-12-31-20-32(14-13-30(31)19-29)36-24-48-41(50-36)39-33-15-16-34(21-33)53(39)42(54)38(28-9-10-28)51-43(55)57-4;1-12-7(9)4-6(8(10)11)5-2-3-5/h5-8,11-14,19-20,23-24,26,29,34-35,38-41H,9-10,15-18,21-22,25H2,1-4H3,(H,49,51)(H,50,52)(H,53,59)(H,54,60);5-8,11-14,19-20,23-24,28,33-34,37-39H,9-10,15-18,21-22,25H2,1-4H3,(H,47,49)(H,48,50)(H,51,55);5-6H,2-4H2,1H3,(H,10,11)/t34-,35+,38-,39-,40-,41-;33-,34+,37-,38-,39-;6-/m000/s1. The first kappa shape index (κ1) is 88.4. The number of aromatic amines is 4. The number of fused-ring (bicyclic) bond motifs is 6. The van der Waals surface area contributed by atoms with Gasteiger partial charge in [0.25, 0.3) is 0 Å². The average molecular weight is 1790 g/mol. The van der Waals surface area contributed by atoms with Crippen LogP contribution in [0, 0.1) is 52.3 Å². The Bertz CT molecular complexity index is 6070. The number of piperidine rings is 2. The van der Waals surface area contributed by atoms with Crippen LogP contribution < -0.4 is 16.0 Å². The number of benzene rings is 6. The summed E-state index contributed by atoms with van der Waals surface area (Å²) in [5.74, 6) is 2.22. The fraction of sp³-hybridized carbons (Fsp3) is 0.480. The number of hydrogen-bond acceptors (Lipinski definition) is 18. The van der Waals surface area contributed by atoms with E-state index in [2.05, 4.69) is 162 Å². The van der Waals surface area contributed by atoms with Crippen molar-refractivity contribution in [2.24, 2.45) is 52.3 Å². The van der Waals surface area contributed by atoms with Gasteiger partial charge < -0.3 is 79.4 Å². The summed E-state index contributed by atoms with van der Waals surface area (Å²) < 4.78 is 24.7. The first-order valence-electron chi connectivity index (χ1n) is 46.9. The number of rotatable bonds is 23. The van der Waals surface area contributed by atoms with Gasteiger partial charge in [-0.15, -0.1) is 0 Å². The Hall–Kier alpha value is -12.9. The first-order chi connectivity index (χ1) is 63.6. The van der Waals surface area contributed by atoms with Crippen LogP contribution in [0.3, 0.4) is 0 Å². The minimum absolute atomic E-state index is 0.0104. The van der Waals surface area contributed by atoms with Gasteiger partial charge in [0.2, 0.25) is 17.7 Å². The van der Waals surface area contributed by atoms with Gasteiger partial charge in [-0.25, -0.2) is 39.1 Å². The molecular weight excluding hydrogens is 1680 g/mol. The number of hydrogen-bond donors (Lipinski definition) is 8. The van der Waals surface area contributed by atoms with Gasteiger partial charge in [-0.05, 0) is 262 Å². The number of aromatic nitrogens is 8.